The molecule has 0 aromatic heterocycles. The lowest BCUT2D eigenvalue weighted by Gasteiger charge is -2.19. The number of carbonyl (C=O) groups is 1. The molecule has 0 aliphatic heterocycles. The Balaban J connectivity index is 2.34. The zero-order valence-corrected chi connectivity index (χ0v) is 13.6. The maximum atomic E-state index is 12.4. The second kappa shape index (κ2) is 6.04. The third-order valence-corrected chi connectivity index (χ3v) is 4.05. The molecule has 20 heavy (non-hydrogen) atoms. The number of carbonyl (C=O) groups excluding carboxylic acids is 1. The molecule has 0 aliphatic rings. The van der Waals surface area contributed by atoms with E-state index >= 15 is 0 Å². The molecule has 0 spiro atoms. The van der Waals surface area contributed by atoms with Gasteiger partial charge in [-0.1, -0.05) is 39.1 Å². The fourth-order valence-electron chi connectivity index (χ4n) is 1.76. The van der Waals surface area contributed by atoms with Gasteiger partial charge in [0, 0.05) is 17.1 Å². The Hall–Kier alpha value is -1.23. The number of nitrogens with two attached hydrogens (primary N) is 1. The summed E-state index contributed by atoms with van der Waals surface area (Å²) in [6.45, 7) is 0. The van der Waals surface area contributed by atoms with E-state index in [9.17, 15) is 4.79 Å². The molecule has 0 atom stereocenters. The molecule has 2 aromatic rings. The summed E-state index contributed by atoms with van der Waals surface area (Å²) in [6, 6.07) is 10.1. The standard InChI is InChI=1S/C14H11BrCl2N2O/c1-19(13-5-3-9(15)7-12(13)18)14(20)8-2-4-10(16)11(17)6-8/h2-7H,18H2,1H3. The minimum absolute atomic E-state index is 0.211. The van der Waals surface area contributed by atoms with Crippen LogP contribution in [-0.2, 0) is 0 Å². The van der Waals surface area contributed by atoms with E-state index in [1.54, 1.807) is 31.3 Å². The highest BCUT2D eigenvalue weighted by atomic mass is 79.9. The van der Waals surface area contributed by atoms with Crippen molar-refractivity contribution in [1.82, 2.24) is 0 Å². The van der Waals surface area contributed by atoms with Crippen molar-refractivity contribution in [2.75, 3.05) is 17.7 Å². The maximum Gasteiger partial charge on any atom is 0.258 e. The van der Waals surface area contributed by atoms with Gasteiger partial charge in [0.2, 0.25) is 0 Å². The van der Waals surface area contributed by atoms with Crippen molar-refractivity contribution < 1.29 is 4.79 Å². The van der Waals surface area contributed by atoms with E-state index in [-0.39, 0.29) is 5.91 Å². The predicted molar refractivity (Wildman–Crippen MR) is 87.7 cm³/mol. The summed E-state index contributed by atoms with van der Waals surface area (Å²) in [5.41, 5.74) is 7.51. The molecular formula is C14H11BrCl2N2O. The SMILES string of the molecule is CN(C(=O)c1ccc(Cl)c(Cl)c1)c1ccc(Br)cc1N. The number of amides is 1. The molecule has 0 radical (unpaired) electrons. The van der Waals surface area contributed by atoms with Crippen LogP contribution < -0.4 is 10.6 Å². The van der Waals surface area contributed by atoms with E-state index < -0.39 is 0 Å². The van der Waals surface area contributed by atoms with Crippen molar-refractivity contribution in [3.8, 4) is 0 Å². The molecular weight excluding hydrogens is 363 g/mol. The van der Waals surface area contributed by atoms with Gasteiger partial charge in [0.25, 0.3) is 5.91 Å². The quantitative estimate of drug-likeness (QED) is 0.781. The molecule has 0 fully saturated rings. The Bertz CT molecular complexity index is 676. The molecule has 0 aliphatic carbocycles. The minimum atomic E-state index is -0.211. The summed E-state index contributed by atoms with van der Waals surface area (Å²) >= 11 is 15.1. The first-order chi connectivity index (χ1) is 9.40. The molecule has 0 heterocycles. The van der Waals surface area contributed by atoms with Crippen LogP contribution in [0.4, 0.5) is 11.4 Å². The number of hydrogen-bond donors (Lipinski definition) is 1. The molecule has 0 saturated carbocycles. The van der Waals surface area contributed by atoms with Crippen LogP contribution in [0, 0.1) is 0 Å². The fraction of sp³-hybridized carbons (Fsp3) is 0.0714. The molecule has 2 aromatic carbocycles. The highest BCUT2D eigenvalue weighted by Gasteiger charge is 2.16. The summed E-state index contributed by atoms with van der Waals surface area (Å²) in [5, 5.41) is 0.753. The maximum absolute atomic E-state index is 12.4. The van der Waals surface area contributed by atoms with Gasteiger partial charge < -0.3 is 10.6 Å². The first kappa shape index (κ1) is 15.2. The van der Waals surface area contributed by atoms with Crippen LogP contribution in [-0.4, -0.2) is 13.0 Å². The third kappa shape index (κ3) is 3.08. The summed E-state index contributed by atoms with van der Waals surface area (Å²) in [6.07, 6.45) is 0. The van der Waals surface area contributed by atoms with Crippen LogP contribution in [0.25, 0.3) is 0 Å². The highest BCUT2D eigenvalue weighted by Crippen LogP contribution is 2.28. The van der Waals surface area contributed by atoms with Crippen molar-refractivity contribution >= 4 is 56.4 Å². The third-order valence-electron chi connectivity index (χ3n) is 2.82. The lowest BCUT2D eigenvalue weighted by atomic mass is 10.2. The zero-order valence-electron chi connectivity index (χ0n) is 10.5. The zero-order chi connectivity index (χ0) is 14.9. The summed E-state index contributed by atoms with van der Waals surface area (Å²) in [7, 11) is 1.66. The first-order valence-corrected chi connectivity index (χ1v) is 7.23. The second-order valence-corrected chi connectivity index (χ2v) is 5.93. The number of nitrogen functional groups attached to an aromatic ring is 1. The molecule has 0 unspecified atom stereocenters. The largest absolute Gasteiger partial charge is 0.397 e. The van der Waals surface area contributed by atoms with Crippen molar-refractivity contribution in [2.24, 2.45) is 0 Å². The van der Waals surface area contributed by atoms with E-state index in [0.717, 1.165) is 4.47 Å². The van der Waals surface area contributed by atoms with E-state index in [0.29, 0.717) is 27.0 Å². The van der Waals surface area contributed by atoms with Crippen molar-refractivity contribution in [2.45, 2.75) is 0 Å². The lowest BCUT2D eigenvalue weighted by molar-refractivity contribution is 0.0993. The molecule has 0 saturated heterocycles. The van der Waals surface area contributed by atoms with Crippen LogP contribution in [0.15, 0.2) is 40.9 Å². The van der Waals surface area contributed by atoms with Crippen molar-refractivity contribution in [1.29, 1.82) is 0 Å². The first-order valence-electron chi connectivity index (χ1n) is 5.68. The molecule has 104 valence electrons. The molecule has 0 bridgehead atoms. The van der Waals surface area contributed by atoms with Gasteiger partial charge in [-0.3, -0.25) is 4.79 Å². The van der Waals surface area contributed by atoms with E-state index in [1.165, 1.54) is 11.0 Å². The fourth-order valence-corrected chi connectivity index (χ4v) is 2.44. The highest BCUT2D eigenvalue weighted by molar-refractivity contribution is 9.10. The van der Waals surface area contributed by atoms with Gasteiger partial charge >= 0.3 is 0 Å². The van der Waals surface area contributed by atoms with Crippen LogP contribution >= 0.6 is 39.1 Å². The molecule has 2 rings (SSSR count). The number of benzene rings is 2. The van der Waals surface area contributed by atoms with Crippen LogP contribution in [0.3, 0.4) is 0 Å². The number of nitrogens with zero attached hydrogens (tertiary/aromatic N) is 1. The molecule has 1 amide bonds. The van der Waals surface area contributed by atoms with Crippen molar-refractivity contribution in [3.63, 3.8) is 0 Å². The Kier molecular flexibility index (Phi) is 4.58. The number of rotatable bonds is 2. The summed E-state index contributed by atoms with van der Waals surface area (Å²) in [4.78, 5) is 13.9. The topological polar surface area (TPSA) is 46.3 Å². The molecule has 2 N–H and O–H groups in total. The predicted octanol–water partition coefficient (Wildman–Crippen LogP) is 4.61. The van der Waals surface area contributed by atoms with E-state index in [1.807, 2.05) is 6.07 Å². The van der Waals surface area contributed by atoms with Gasteiger partial charge in [0.05, 0.1) is 21.4 Å². The van der Waals surface area contributed by atoms with Gasteiger partial charge in [-0.2, -0.15) is 0 Å². The van der Waals surface area contributed by atoms with Gasteiger partial charge in [-0.15, -0.1) is 0 Å². The second-order valence-electron chi connectivity index (χ2n) is 4.20. The lowest BCUT2D eigenvalue weighted by Crippen LogP contribution is -2.27. The van der Waals surface area contributed by atoms with E-state index in [2.05, 4.69) is 15.9 Å². The van der Waals surface area contributed by atoms with E-state index in [4.69, 9.17) is 28.9 Å². The smallest absolute Gasteiger partial charge is 0.258 e. The van der Waals surface area contributed by atoms with Gasteiger partial charge in [0.1, 0.15) is 0 Å². The number of anilines is 2. The van der Waals surface area contributed by atoms with Crippen LogP contribution in [0.2, 0.25) is 10.0 Å². The number of hydrogen-bond acceptors (Lipinski definition) is 2. The number of halogens is 3. The van der Waals surface area contributed by atoms with Crippen molar-refractivity contribution in [3.05, 3.63) is 56.5 Å². The Morgan fingerprint density at radius 2 is 1.85 bits per heavy atom. The monoisotopic (exact) mass is 372 g/mol. The average Bonchev–Trinajstić information content (AvgIpc) is 2.40. The van der Waals surface area contributed by atoms with Crippen LogP contribution in [0.5, 0.6) is 0 Å². The van der Waals surface area contributed by atoms with Crippen LogP contribution in [0.1, 0.15) is 10.4 Å². The summed E-state index contributed by atoms with van der Waals surface area (Å²) < 4.78 is 0.856. The summed E-state index contributed by atoms with van der Waals surface area (Å²) in [5.74, 6) is -0.211. The normalized spacial score (nSPS) is 10.4. The molecule has 3 nitrogen and oxygen atoms in total. The minimum Gasteiger partial charge on any atom is -0.397 e. The average molecular weight is 374 g/mol. The van der Waals surface area contributed by atoms with Gasteiger partial charge in [-0.25, -0.2) is 0 Å². The molecule has 6 heteroatoms. The van der Waals surface area contributed by atoms with Gasteiger partial charge in [-0.05, 0) is 36.4 Å². The Morgan fingerprint density at radius 1 is 1.15 bits per heavy atom. The Labute approximate surface area is 135 Å². The van der Waals surface area contributed by atoms with Gasteiger partial charge in [0.15, 0.2) is 0 Å². The Morgan fingerprint density at radius 3 is 2.45 bits per heavy atom.